The molecule has 2 aromatic carbocycles. The Morgan fingerprint density at radius 3 is 2.28 bits per heavy atom. The molecule has 4 bridgehead atoms. The summed E-state index contributed by atoms with van der Waals surface area (Å²) in [5.74, 6) is 2.02. The maximum Gasteiger partial charge on any atom is 0.252 e. The van der Waals surface area contributed by atoms with E-state index in [0.717, 1.165) is 31.2 Å². The average Bonchev–Trinajstić information content (AvgIpc) is 2.77. The number of hydrogen-bond acceptors (Lipinski definition) is 5. The first kappa shape index (κ1) is 21.1. The molecule has 4 aliphatic rings. The summed E-state index contributed by atoms with van der Waals surface area (Å²) < 4.78 is 11.4. The van der Waals surface area contributed by atoms with E-state index < -0.39 is 17.4 Å². The molecule has 6 heteroatoms. The minimum atomic E-state index is -0.798. The summed E-state index contributed by atoms with van der Waals surface area (Å²) in [6, 6.07) is 10.7. The van der Waals surface area contributed by atoms with E-state index in [0.29, 0.717) is 34.8 Å². The van der Waals surface area contributed by atoms with Crippen LogP contribution in [0.5, 0.6) is 17.2 Å². The van der Waals surface area contributed by atoms with Crippen LogP contribution in [-0.2, 0) is 0 Å². The number of primary amides is 1. The highest BCUT2D eigenvalue weighted by Gasteiger charge is 2.61. The van der Waals surface area contributed by atoms with Gasteiger partial charge in [-0.05, 0) is 67.9 Å². The lowest BCUT2D eigenvalue weighted by Gasteiger charge is -2.63. The standard InChI is InChI=1S/C26H31NO5/c1-31-22-18(7-8-19(25(27)30)23(22)32-2)21-16-10-14-9-15(11-16)13-26(21,12-14)24(29)17-5-3-4-6-20(17)28/h3-8,14-16,21,24,28-29H,9-13H2,1-2H3,(H2,27,30). The minimum Gasteiger partial charge on any atom is -0.508 e. The highest BCUT2D eigenvalue weighted by molar-refractivity contribution is 5.96. The van der Waals surface area contributed by atoms with E-state index in [1.165, 1.54) is 13.5 Å². The number of aliphatic hydroxyl groups is 1. The van der Waals surface area contributed by atoms with Gasteiger partial charge in [0, 0.05) is 16.5 Å². The minimum absolute atomic E-state index is 0.0238. The number of rotatable bonds is 6. The third-order valence-electron chi connectivity index (χ3n) is 8.29. The number of nitrogens with two attached hydrogens (primary N) is 1. The van der Waals surface area contributed by atoms with Crippen LogP contribution in [0.25, 0.3) is 0 Å². The van der Waals surface area contributed by atoms with E-state index >= 15 is 0 Å². The Balaban J connectivity index is 1.69. The van der Waals surface area contributed by atoms with Crippen molar-refractivity contribution in [2.75, 3.05) is 14.2 Å². The molecule has 6 rings (SSSR count). The van der Waals surface area contributed by atoms with Gasteiger partial charge in [0.1, 0.15) is 5.75 Å². The van der Waals surface area contributed by atoms with Gasteiger partial charge in [-0.2, -0.15) is 0 Å². The van der Waals surface area contributed by atoms with Gasteiger partial charge in [0.2, 0.25) is 0 Å². The molecule has 4 N–H and O–H groups in total. The molecule has 0 radical (unpaired) electrons. The molecule has 1 amide bonds. The smallest absolute Gasteiger partial charge is 0.252 e. The number of carbonyl (C=O) groups is 1. The van der Waals surface area contributed by atoms with Gasteiger partial charge in [0.15, 0.2) is 11.5 Å². The van der Waals surface area contributed by atoms with Crippen LogP contribution in [0.15, 0.2) is 36.4 Å². The fourth-order valence-electron chi connectivity index (χ4n) is 7.52. The quantitative estimate of drug-likeness (QED) is 0.630. The fourth-order valence-corrected chi connectivity index (χ4v) is 7.52. The molecule has 4 aliphatic carbocycles. The van der Waals surface area contributed by atoms with Gasteiger partial charge in [-0.15, -0.1) is 0 Å². The van der Waals surface area contributed by atoms with E-state index in [9.17, 15) is 15.0 Å². The molecule has 4 unspecified atom stereocenters. The van der Waals surface area contributed by atoms with Crippen LogP contribution in [0.3, 0.4) is 0 Å². The third-order valence-corrected chi connectivity index (χ3v) is 8.29. The number of phenolic OH excluding ortho intramolecular Hbond substituents is 1. The molecule has 2 aromatic rings. The van der Waals surface area contributed by atoms with Crippen LogP contribution < -0.4 is 15.2 Å². The molecule has 0 aromatic heterocycles. The van der Waals surface area contributed by atoms with Gasteiger partial charge in [-0.25, -0.2) is 0 Å². The number of methoxy groups -OCH3 is 2. The predicted octanol–water partition coefficient (Wildman–Crippen LogP) is 4.15. The first-order valence-electron chi connectivity index (χ1n) is 11.4. The van der Waals surface area contributed by atoms with Crippen molar-refractivity contribution in [3.63, 3.8) is 0 Å². The Morgan fingerprint density at radius 2 is 1.69 bits per heavy atom. The van der Waals surface area contributed by atoms with Crippen molar-refractivity contribution in [2.24, 2.45) is 28.9 Å². The summed E-state index contributed by atoms with van der Waals surface area (Å²) in [6.45, 7) is 0. The largest absolute Gasteiger partial charge is 0.508 e. The van der Waals surface area contributed by atoms with Gasteiger partial charge >= 0.3 is 0 Å². The average molecular weight is 438 g/mol. The van der Waals surface area contributed by atoms with Crippen LogP contribution >= 0.6 is 0 Å². The van der Waals surface area contributed by atoms with Crippen LogP contribution in [0.4, 0.5) is 0 Å². The zero-order valence-electron chi connectivity index (χ0n) is 18.6. The summed E-state index contributed by atoms with van der Waals surface area (Å²) in [5, 5.41) is 22.4. The Bertz CT molecular complexity index is 1040. The highest BCUT2D eigenvalue weighted by Crippen LogP contribution is 2.71. The summed E-state index contributed by atoms with van der Waals surface area (Å²) >= 11 is 0. The van der Waals surface area contributed by atoms with Crippen molar-refractivity contribution in [3.8, 4) is 17.2 Å². The second-order valence-electron chi connectivity index (χ2n) is 9.91. The molecule has 0 spiro atoms. The predicted molar refractivity (Wildman–Crippen MR) is 120 cm³/mol. The normalized spacial score (nSPS) is 31.3. The monoisotopic (exact) mass is 437 g/mol. The summed E-state index contributed by atoms with van der Waals surface area (Å²) in [4.78, 5) is 12.0. The number of aliphatic hydroxyl groups excluding tert-OH is 1. The second kappa shape index (κ2) is 7.69. The first-order chi connectivity index (χ1) is 15.4. The number of phenols is 1. The van der Waals surface area contributed by atoms with Crippen molar-refractivity contribution >= 4 is 5.91 Å². The van der Waals surface area contributed by atoms with E-state index in [1.54, 1.807) is 25.3 Å². The summed E-state index contributed by atoms with van der Waals surface area (Å²) in [7, 11) is 3.09. The molecule has 0 aliphatic heterocycles. The molecule has 4 saturated carbocycles. The molecule has 0 heterocycles. The Kier molecular flexibility index (Phi) is 5.08. The van der Waals surface area contributed by atoms with Gasteiger partial charge < -0.3 is 25.4 Å². The maximum atomic E-state index is 12.0. The van der Waals surface area contributed by atoms with E-state index in [1.807, 2.05) is 18.2 Å². The van der Waals surface area contributed by atoms with Gasteiger partial charge in [0.25, 0.3) is 5.91 Å². The second-order valence-corrected chi connectivity index (χ2v) is 9.91. The fraction of sp³-hybridized carbons (Fsp3) is 0.500. The lowest BCUT2D eigenvalue weighted by atomic mass is 9.42. The van der Waals surface area contributed by atoms with Crippen molar-refractivity contribution in [1.82, 2.24) is 0 Å². The number of aromatic hydroxyl groups is 1. The lowest BCUT2D eigenvalue weighted by Crippen LogP contribution is -2.54. The lowest BCUT2D eigenvalue weighted by molar-refractivity contribution is -0.141. The molecule has 4 fully saturated rings. The van der Waals surface area contributed by atoms with Crippen molar-refractivity contribution < 1.29 is 24.5 Å². The van der Waals surface area contributed by atoms with Gasteiger partial charge in [-0.3, -0.25) is 4.79 Å². The number of para-hydroxylation sites is 1. The molecule has 170 valence electrons. The Morgan fingerprint density at radius 1 is 1.03 bits per heavy atom. The topological polar surface area (TPSA) is 102 Å². The third kappa shape index (κ3) is 2.99. The number of amides is 1. The molecule has 4 atom stereocenters. The number of carbonyl (C=O) groups excluding carboxylic acids is 1. The SMILES string of the molecule is COc1c(C(N)=O)ccc(C2C3CC4CC(C3)CC2(C(O)c2ccccc2O)C4)c1OC. The summed E-state index contributed by atoms with van der Waals surface area (Å²) in [6.07, 6.45) is 4.49. The van der Waals surface area contributed by atoms with Crippen LogP contribution in [-0.4, -0.2) is 30.3 Å². The van der Waals surface area contributed by atoms with E-state index in [-0.39, 0.29) is 17.2 Å². The van der Waals surface area contributed by atoms with E-state index in [4.69, 9.17) is 15.2 Å². The van der Waals surface area contributed by atoms with Gasteiger partial charge in [-0.1, -0.05) is 24.3 Å². The molecule has 32 heavy (non-hydrogen) atoms. The van der Waals surface area contributed by atoms with Crippen molar-refractivity contribution in [1.29, 1.82) is 0 Å². The number of ether oxygens (including phenoxy) is 2. The van der Waals surface area contributed by atoms with Crippen LogP contribution in [0, 0.1) is 23.2 Å². The van der Waals surface area contributed by atoms with Crippen LogP contribution in [0.2, 0.25) is 0 Å². The molecule has 0 saturated heterocycles. The summed E-state index contributed by atoms with van der Waals surface area (Å²) in [5.41, 5.74) is 6.98. The Hall–Kier alpha value is -2.73. The highest BCUT2D eigenvalue weighted by atomic mass is 16.5. The molecular weight excluding hydrogens is 406 g/mol. The van der Waals surface area contributed by atoms with Crippen molar-refractivity contribution in [3.05, 3.63) is 53.1 Å². The zero-order valence-corrected chi connectivity index (χ0v) is 18.6. The van der Waals surface area contributed by atoms with E-state index in [2.05, 4.69) is 0 Å². The maximum absolute atomic E-state index is 12.0. The van der Waals surface area contributed by atoms with Gasteiger partial charge in [0.05, 0.1) is 25.9 Å². The Labute approximate surface area is 188 Å². The molecular formula is C26H31NO5. The first-order valence-corrected chi connectivity index (χ1v) is 11.4. The zero-order chi connectivity index (χ0) is 22.6. The number of benzene rings is 2. The molecule has 6 nitrogen and oxygen atoms in total. The van der Waals surface area contributed by atoms with Crippen molar-refractivity contribution in [2.45, 2.75) is 44.1 Å². The van der Waals surface area contributed by atoms with Crippen LogP contribution in [0.1, 0.15) is 65.6 Å². The number of hydrogen-bond donors (Lipinski definition) is 3.